The van der Waals surface area contributed by atoms with E-state index in [1.165, 1.54) is 6.33 Å². The summed E-state index contributed by atoms with van der Waals surface area (Å²) < 4.78 is 5.33. The lowest BCUT2D eigenvalue weighted by molar-refractivity contribution is -0.132. The van der Waals surface area contributed by atoms with Crippen molar-refractivity contribution in [3.05, 3.63) is 53.7 Å². The normalized spacial score (nSPS) is 14.8. The van der Waals surface area contributed by atoms with Crippen molar-refractivity contribution in [2.24, 2.45) is 5.41 Å². The Hall–Kier alpha value is -3.69. The number of hydrogen-bond donors (Lipinski definition) is 3. The highest BCUT2D eigenvalue weighted by molar-refractivity contribution is 5.86. The van der Waals surface area contributed by atoms with Crippen molar-refractivity contribution in [3.8, 4) is 5.75 Å². The summed E-state index contributed by atoms with van der Waals surface area (Å²) in [5, 5.41) is 9.56. The Balaban J connectivity index is 1.54. The molecule has 1 aromatic carbocycles. The van der Waals surface area contributed by atoms with Gasteiger partial charge in [-0.15, -0.1) is 0 Å². The van der Waals surface area contributed by atoms with E-state index >= 15 is 0 Å². The highest BCUT2D eigenvalue weighted by atomic mass is 16.5. The third-order valence-corrected chi connectivity index (χ3v) is 5.21. The van der Waals surface area contributed by atoms with Gasteiger partial charge in [0.1, 0.15) is 23.7 Å². The lowest BCUT2D eigenvalue weighted by atomic mass is 9.73. The number of benzene rings is 1. The van der Waals surface area contributed by atoms with E-state index in [4.69, 9.17) is 10.5 Å². The minimum atomic E-state index is -0.611. The molecular weight excluding hydrogens is 384 g/mol. The maximum atomic E-state index is 13.2. The van der Waals surface area contributed by atoms with Crippen LogP contribution >= 0.6 is 0 Å². The minimum absolute atomic E-state index is 0.0447. The fourth-order valence-electron chi connectivity index (χ4n) is 3.76. The van der Waals surface area contributed by atoms with Gasteiger partial charge in [-0.25, -0.2) is 9.97 Å². The second-order valence-corrected chi connectivity index (χ2v) is 7.51. The van der Waals surface area contributed by atoms with E-state index in [0.29, 0.717) is 25.3 Å². The van der Waals surface area contributed by atoms with Crippen LogP contribution in [0.2, 0.25) is 0 Å². The van der Waals surface area contributed by atoms with Gasteiger partial charge in [-0.05, 0) is 31.0 Å². The molecule has 2 aromatic heterocycles. The second-order valence-electron chi connectivity index (χ2n) is 7.51. The molecule has 0 saturated carbocycles. The SMILES string of the molecule is COc1cccc(CC2(C(=O)NCc3ncn[nH]3)CN(c3cc(C)nc(N)n3)C2)c1. The average molecular weight is 408 g/mol. The summed E-state index contributed by atoms with van der Waals surface area (Å²) in [6.45, 7) is 3.19. The van der Waals surface area contributed by atoms with Crippen LogP contribution < -0.4 is 20.7 Å². The van der Waals surface area contributed by atoms with Gasteiger partial charge >= 0.3 is 0 Å². The van der Waals surface area contributed by atoms with E-state index in [2.05, 4.69) is 30.5 Å². The Morgan fingerprint density at radius 2 is 2.17 bits per heavy atom. The van der Waals surface area contributed by atoms with Crippen molar-refractivity contribution < 1.29 is 9.53 Å². The first kappa shape index (κ1) is 19.6. The van der Waals surface area contributed by atoms with E-state index in [0.717, 1.165) is 22.8 Å². The zero-order valence-electron chi connectivity index (χ0n) is 16.9. The molecule has 10 heteroatoms. The van der Waals surface area contributed by atoms with E-state index < -0.39 is 5.41 Å². The number of rotatable bonds is 7. The lowest BCUT2D eigenvalue weighted by Gasteiger charge is -2.49. The van der Waals surface area contributed by atoms with Crippen molar-refractivity contribution >= 4 is 17.7 Å². The topological polar surface area (TPSA) is 135 Å². The van der Waals surface area contributed by atoms with E-state index in [1.54, 1.807) is 7.11 Å². The number of carbonyl (C=O) groups is 1. The summed E-state index contributed by atoms with van der Waals surface area (Å²) in [4.78, 5) is 27.8. The summed E-state index contributed by atoms with van der Waals surface area (Å²) in [5.41, 5.74) is 7.01. The average Bonchev–Trinajstić information content (AvgIpc) is 3.21. The number of aromatic amines is 1. The smallest absolute Gasteiger partial charge is 0.230 e. The molecule has 3 aromatic rings. The Morgan fingerprint density at radius 3 is 2.87 bits per heavy atom. The number of H-pyrrole nitrogens is 1. The predicted molar refractivity (Wildman–Crippen MR) is 111 cm³/mol. The highest BCUT2D eigenvalue weighted by Gasteiger charge is 2.49. The monoisotopic (exact) mass is 408 g/mol. The molecule has 4 N–H and O–H groups in total. The van der Waals surface area contributed by atoms with Gasteiger partial charge in [-0.2, -0.15) is 10.1 Å². The summed E-state index contributed by atoms with van der Waals surface area (Å²) in [6.07, 6.45) is 1.99. The predicted octanol–water partition coefficient (Wildman–Crippen LogP) is 0.859. The molecule has 4 rings (SSSR count). The molecule has 1 saturated heterocycles. The van der Waals surface area contributed by atoms with Gasteiger partial charge in [0.05, 0.1) is 19.1 Å². The molecule has 0 bridgehead atoms. The number of hydrogen-bond acceptors (Lipinski definition) is 8. The molecule has 0 spiro atoms. The van der Waals surface area contributed by atoms with Gasteiger partial charge in [0.15, 0.2) is 0 Å². The molecule has 1 aliphatic rings. The molecule has 0 aliphatic carbocycles. The lowest BCUT2D eigenvalue weighted by Crippen LogP contribution is -2.64. The molecule has 1 aliphatic heterocycles. The van der Waals surface area contributed by atoms with E-state index in [-0.39, 0.29) is 18.4 Å². The number of ether oxygens (including phenoxy) is 1. The summed E-state index contributed by atoms with van der Waals surface area (Å²) in [5.74, 6) is 2.28. The van der Waals surface area contributed by atoms with Crippen LogP contribution in [0.3, 0.4) is 0 Å². The van der Waals surface area contributed by atoms with Crippen molar-refractivity contribution in [1.29, 1.82) is 0 Å². The van der Waals surface area contributed by atoms with Crippen LogP contribution in [0.15, 0.2) is 36.7 Å². The Kier molecular flexibility index (Phi) is 5.21. The number of nitrogens with one attached hydrogen (secondary N) is 2. The first-order valence-electron chi connectivity index (χ1n) is 9.59. The maximum absolute atomic E-state index is 13.2. The highest BCUT2D eigenvalue weighted by Crippen LogP contribution is 2.38. The molecule has 0 atom stereocenters. The summed E-state index contributed by atoms with van der Waals surface area (Å²) in [6, 6.07) is 9.65. The van der Waals surface area contributed by atoms with Crippen LogP contribution in [-0.2, 0) is 17.8 Å². The first-order chi connectivity index (χ1) is 14.5. The van der Waals surface area contributed by atoms with Crippen LogP contribution in [0, 0.1) is 12.3 Å². The van der Waals surface area contributed by atoms with Crippen LogP contribution in [0.25, 0.3) is 0 Å². The summed E-state index contributed by atoms with van der Waals surface area (Å²) in [7, 11) is 1.63. The third-order valence-electron chi connectivity index (χ3n) is 5.21. The molecule has 0 unspecified atom stereocenters. The molecule has 1 fully saturated rings. The molecular formula is C20H24N8O2. The molecule has 3 heterocycles. The first-order valence-corrected chi connectivity index (χ1v) is 9.59. The number of aromatic nitrogens is 5. The molecule has 10 nitrogen and oxygen atoms in total. The van der Waals surface area contributed by atoms with E-state index in [1.807, 2.05) is 42.2 Å². The Labute approximate surface area is 173 Å². The van der Waals surface area contributed by atoms with Crippen molar-refractivity contribution in [2.45, 2.75) is 19.9 Å². The van der Waals surface area contributed by atoms with Gasteiger partial charge in [0, 0.05) is 24.8 Å². The number of nitrogens with zero attached hydrogens (tertiary/aromatic N) is 5. The number of nitrogens with two attached hydrogens (primary N) is 1. The second kappa shape index (κ2) is 7.97. The maximum Gasteiger partial charge on any atom is 0.230 e. The Morgan fingerprint density at radius 1 is 1.33 bits per heavy atom. The van der Waals surface area contributed by atoms with Gasteiger partial charge in [0.2, 0.25) is 11.9 Å². The van der Waals surface area contributed by atoms with Crippen LogP contribution in [0.4, 0.5) is 11.8 Å². The fourth-order valence-corrected chi connectivity index (χ4v) is 3.76. The molecule has 1 amide bonds. The van der Waals surface area contributed by atoms with E-state index in [9.17, 15) is 4.79 Å². The number of anilines is 2. The van der Waals surface area contributed by atoms with Crippen molar-refractivity contribution in [3.63, 3.8) is 0 Å². The van der Waals surface area contributed by atoms with Gasteiger partial charge in [-0.3, -0.25) is 9.89 Å². The zero-order chi connectivity index (χ0) is 21.1. The molecule has 0 radical (unpaired) electrons. The minimum Gasteiger partial charge on any atom is -0.497 e. The van der Waals surface area contributed by atoms with Crippen LogP contribution in [0.5, 0.6) is 5.75 Å². The Bertz CT molecular complexity index is 1010. The molecule has 156 valence electrons. The van der Waals surface area contributed by atoms with Crippen molar-refractivity contribution in [2.75, 3.05) is 30.8 Å². The number of carbonyl (C=O) groups excluding carboxylic acids is 1. The number of nitrogen functional groups attached to an aromatic ring is 1. The van der Waals surface area contributed by atoms with Gasteiger partial charge < -0.3 is 20.7 Å². The quantitative estimate of drug-likeness (QED) is 0.524. The standard InChI is InChI=1S/C20H24N8O2/c1-13-6-17(26-19(21)25-13)28-10-20(11-28,8-14-4-3-5-15(7-14)30-2)18(29)22-9-16-23-12-24-27-16/h3-7,12H,8-11H2,1-2H3,(H,22,29)(H2,21,25,26)(H,23,24,27). The molecule has 30 heavy (non-hydrogen) atoms. The van der Waals surface area contributed by atoms with Gasteiger partial charge in [-0.1, -0.05) is 12.1 Å². The third kappa shape index (κ3) is 4.02. The number of amides is 1. The van der Waals surface area contributed by atoms with Crippen LogP contribution in [-0.4, -0.2) is 51.3 Å². The van der Waals surface area contributed by atoms with Crippen LogP contribution in [0.1, 0.15) is 17.1 Å². The number of methoxy groups -OCH3 is 1. The fraction of sp³-hybridized carbons (Fsp3) is 0.350. The largest absolute Gasteiger partial charge is 0.497 e. The summed E-state index contributed by atoms with van der Waals surface area (Å²) >= 11 is 0. The van der Waals surface area contributed by atoms with Crippen molar-refractivity contribution in [1.82, 2.24) is 30.5 Å². The number of aryl methyl sites for hydroxylation is 1. The zero-order valence-corrected chi connectivity index (χ0v) is 16.9. The van der Waals surface area contributed by atoms with Gasteiger partial charge in [0.25, 0.3) is 0 Å².